The molecule has 0 unspecified atom stereocenters. The highest BCUT2D eigenvalue weighted by Crippen LogP contribution is 2.32. The molecule has 0 spiro atoms. The summed E-state index contributed by atoms with van der Waals surface area (Å²) >= 11 is 5.88. The van der Waals surface area contributed by atoms with E-state index in [2.05, 4.69) is 0 Å². The second kappa shape index (κ2) is 4.77. The van der Waals surface area contributed by atoms with Crippen molar-refractivity contribution in [2.75, 3.05) is 5.73 Å². The molecule has 0 fully saturated rings. The Kier molecular flexibility index (Phi) is 3.17. The topological polar surface area (TPSA) is 59.0 Å². The lowest BCUT2D eigenvalue weighted by atomic mass is 10.2. The fraction of sp³-hybridized carbons (Fsp3) is 0. The van der Waals surface area contributed by atoms with Gasteiger partial charge in [0.05, 0.1) is 22.3 Å². The van der Waals surface area contributed by atoms with E-state index in [4.69, 9.17) is 27.3 Å². The van der Waals surface area contributed by atoms with E-state index >= 15 is 0 Å². The van der Waals surface area contributed by atoms with Crippen molar-refractivity contribution in [1.29, 1.82) is 5.26 Å². The number of benzene rings is 2. The van der Waals surface area contributed by atoms with Crippen LogP contribution < -0.4 is 10.5 Å². The number of anilines is 1. The van der Waals surface area contributed by atoms with Crippen molar-refractivity contribution in [2.45, 2.75) is 0 Å². The monoisotopic (exact) mass is 244 g/mol. The predicted octanol–water partition coefficient (Wildman–Crippen LogP) is 3.59. The number of ether oxygens (including phenoxy) is 1. The van der Waals surface area contributed by atoms with Crippen molar-refractivity contribution < 1.29 is 4.74 Å². The Labute approximate surface area is 104 Å². The number of para-hydroxylation sites is 1. The van der Waals surface area contributed by atoms with Gasteiger partial charge in [0.2, 0.25) is 0 Å². The van der Waals surface area contributed by atoms with Gasteiger partial charge in [-0.25, -0.2) is 0 Å². The molecule has 2 aromatic rings. The minimum absolute atomic E-state index is 0.386. The Morgan fingerprint density at radius 3 is 2.71 bits per heavy atom. The summed E-state index contributed by atoms with van der Waals surface area (Å²) in [5.74, 6) is 1.03. The predicted molar refractivity (Wildman–Crippen MR) is 67.1 cm³/mol. The van der Waals surface area contributed by atoms with Crippen LogP contribution in [0.5, 0.6) is 11.5 Å². The second-order valence-corrected chi connectivity index (χ2v) is 3.80. The Hall–Kier alpha value is -2.18. The second-order valence-electron chi connectivity index (χ2n) is 3.39. The van der Waals surface area contributed by atoms with Gasteiger partial charge in [0.25, 0.3) is 0 Å². The summed E-state index contributed by atoms with van der Waals surface area (Å²) in [7, 11) is 0. The van der Waals surface area contributed by atoms with E-state index < -0.39 is 0 Å². The first kappa shape index (κ1) is 11.3. The van der Waals surface area contributed by atoms with Crippen molar-refractivity contribution in [3.8, 4) is 17.6 Å². The number of nitrogen functional groups attached to an aromatic ring is 1. The lowest BCUT2D eigenvalue weighted by molar-refractivity contribution is 0.485. The maximum Gasteiger partial charge on any atom is 0.151 e. The molecule has 2 aromatic carbocycles. The van der Waals surface area contributed by atoms with Gasteiger partial charge in [-0.15, -0.1) is 0 Å². The van der Waals surface area contributed by atoms with Crippen LogP contribution in [0.4, 0.5) is 5.69 Å². The fourth-order valence-electron chi connectivity index (χ4n) is 1.36. The summed E-state index contributed by atoms with van der Waals surface area (Å²) in [6, 6.07) is 14.0. The molecule has 17 heavy (non-hydrogen) atoms. The number of halogens is 1. The zero-order valence-corrected chi connectivity index (χ0v) is 9.61. The molecule has 0 saturated heterocycles. The van der Waals surface area contributed by atoms with Crippen LogP contribution >= 0.6 is 11.6 Å². The van der Waals surface area contributed by atoms with Crippen molar-refractivity contribution in [2.24, 2.45) is 0 Å². The smallest absolute Gasteiger partial charge is 0.151 e. The number of nitriles is 1. The molecule has 2 N–H and O–H groups in total. The molecule has 0 saturated carbocycles. The molecule has 3 nitrogen and oxygen atoms in total. The highest BCUT2D eigenvalue weighted by molar-refractivity contribution is 6.33. The first-order chi connectivity index (χ1) is 8.20. The van der Waals surface area contributed by atoms with Gasteiger partial charge in [0.1, 0.15) is 5.75 Å². The summed E-state index contributed by atoms with van der Waals surface area (Å²) in [5, 5.41) is 9.22. The van der Waals surface area contributed by atoms with Crippen molar-refractivity contribution in [3.05, 3.63) is 53.1 Å². The summed E-state index contributed by atoms with van der Waals surface area (Å²) in [4.78, 5) is 0. The molecule has 2 rings (SSSR count). The first-order valence-electron chi connectivity index (χ1n) is 4.92. The molecule has 4 heteroatoms. The molecular weight excluding hydrogens is 236 g/mol. The molecule has 0 bridgehead atoms. The Balaban J connectivity index is 2.32. The molecular formula is C13H9ClN2O. The molecule has 0 aliphatic rings. The summed E-state index contributed by atoms with van der Waals surface area (Å²) < 4.78 is 5.57. The standard InChI is InChI=1S/C13H9ClN2O/c14-11-5-2-6-12(13(11)16)17-10-4-1-3-9(7-10)8-15/h1-7H,16H2. The van der Waals surface area contributed by atoms with Crippen LogP contribution in [0.25, 0.3) is 0 Å². The van der Waals surface area contributed by atoms with E-state index in [1.165, 1.54) is 0 Å². The van der Waals surface area contributed by atoms with Gasteiger partial charge in [-0.3, -0.25) is 0 Å². The number of nitrogens with zero attached hydrogens (tertiary/aromatic N) is 1. The largest absolute Gasteiger partial charge is 0.455 e. The van der Waals surface area contributed by atoms with Crippen LogP contribution in [0.2, 0.25) is 5.02 Å². The molecule has 0 aromatic heterocycles. The van der Waals surface area contributed by atoms with E-state index in [-0.39, 0.29) is 0 Å². The van der Waals surface area contributed by atoms with E-state index in [0.29, 0.717) is 27.8 Å². The quantitative estimate of drug-likeness (QED) is 0.822. The van der Waals surface area contributed by atoms with Crippen molar-refractivity contribution >= 4 is 17.3 Å². The van der Waals surface area contributed by atoms with E-state index in [1.807, 2.05) is 6.07 Å². The van der Waals surface area contributed by atoms with Crippen LogP contribution in [-0.2, 0) is 0 Å². The molecule has 0 aliphatic carbocycles. The summed E-state index contributed by atoms with van der Waals surface area (Å²) in [6.07, 6.45) is 0. The van der Waals surface area contributed by atoms with Gasteiger partial charge in [0, 0.05) is 0 Å². The van der Waals surface area contributed by atoms with Gasteiger partial charge >= 0.3 is 0 Å². The first-order valence-corrected chi connectivity index (χ1v) is 5.30. The van der Waals surface area contributed by atoms with Gasteiger partial charge in [0.15, 0.2) is 5.75 Å². The van der Waals surface area contributed by atoms with Gasteiger partial charge in [-0.2, -0.15) is 5.26 Å². The van der Waals surface area contributed by atoms with Gasteiger partial charge < -0.3 is 10.5 Å². The van der Waals surface area contributed by atoms with Crippen molar-refractivity contribution in [1.82, 2.24) is 0 Å². The van der Waals surface area contributed by atoms with Gasteiger partial charge in [-0.05, 0) is 30.3 Å². The SMILES string of the molecule is N#Cc1cccc(Oc2cccc(Cl)c2N)c1. The lowest BCUT2D eigenvalue weighted by Crippen LogP contribution is -1.92. The van der Waals surface area contributed by atoms with Crippen LogP contribution in [0.3, 0.4) is 0 Å². The fourth-order valence-corrected chi connectivity index (χ4v) is 1.53. The third kappa shape index (κ3) is 2.49. The Morgan fingerprint density at radius 2 is 1.94 bits per heavy atom. The number of hydrogen-bond donors (Lipinski definition) is 1. The maximum absolute atomic E-state index is 8.78. The third-order valence-corrected chi connectivity index (χ3v) is 2.53. The molecule has 0 heterocycles. The average molecular weight is 245 g/mol. The molecule has 84 valence electrons. The normalized spacial score (nSPS) is 9.65. The van der Waals surface area contributed by atoms with Crippen molar-refractivity contribution in [3.63, 3.8) is 0 Å². The van der Waals surface area contributed by atoms with Crippen LogP contribution in [0, 0.1) is 11.3 Å². The number of hydrogen-bond acceptors (Lipinski definition) is 3. The van der Waals surface area contributed by atoms with E-state index in [0.717, 1.165) is 0 Å². The minimum atomic E-state index is 0.386. The van der Waals surface area contributed by atoms with Gasteiger partial charge in [-0.1, -0.05) is 23.7 Å². The maximum atomic E-state index is 8.78. The average Bonchev–Trinajstić information content (AvgIpc) is 2.35. The summed E-state index contributed by atoms with van der Waals surface area (Å²) in [5.41, 5.74) is 6.70. The molecule has 0 atom stereocenters. The lowest BCUT2D eigenvalue weighted by Gasteiger charge is -2.09. The highest BCUT2D eigenvalue weighted by Gasteiger charge is 2.05. The third-order valence-electron chi connectivity index (χ3n) is 2.20. The number of nitrogens with two attached hydrogens (primary N) is 1. The molecule has 0 radical (unpaired) electrons. The zero-order valence-electron chi connectivity index (χ0n) is 8.85. The van der Waals surface area contributed by atoms with Crippen LogP contribution in [-0.4, -0.2) is 0 Å². The minimum Gasteiger partial charge on any atom is -0.455 e. The summed E-state index contributed by atoms with van der Waals surface area (Å²) in [6.45, 7) is 0. The van der Waals surface area contributed by atoms with Crippen LogP contribution in [0.1, 0.15) is 5.56 Å². The molecule has 0 aliphatic heterocycles. The van der Waals surface area contributed by atoms with E-state index in [9.17, 15) is 0 Å². The highest BCUT2D eigenvalue weighted by atomic mass is 35.5. The molecule has 0 amide bonds. The number of rotatable bonds is 2. The van der Waals surface area contributed by atoms with Crippen LogP contribution in [0.15, 0.2) is 42.5 Å². The Bertz CT molecular complexity index is 590. The van der Waals surface area contributed by atoms with E-state index in [1.54, 1.807) is 42.5 Å². The zero-order chi connectivity index (χ0) is 12.3. The Morgan fingerprint density at radius 1 is 1.18 bits per heavy atom.